The molecule has 3 aromatic rings. The summed E-state index contributed by atoms with van der Waals surface area (Å²) in [4.78, 5) is 4.30. The molecule has 0 saturated carbocycles. The van der Waals surface area contributed by atoms with E-state index in [1.807, 2.05) is 42.5 Å². The van der Waals surface area contributed by atoms with Crippen molar-refractivity contribution in [2.24, 2.45) is 0 Å². The van der Waals surface area contributed by atoms with E-state index in [4.69, 9.17) is 10.5 Å². The first-order valence-electron chi connectivity index (χ1n) is 5.80. The van der Waals surface area contributed by atoms with Gasteiger partial charge in [-0.25, -0.2) is 0 Å². The van der Waals surface area contributed by atoms with Crippen LogP contribution in [0, 0.1) is 0 Å². The number of fused-ring (bicyclic) bond motifs is 1. The monoisotopic (exact) mass is 314 g/mol. The third kappa shape index (κ3) is 2.53. The van der Waals surface area contributed by atoms with Crippen molar-refractivity contribution in [3.05, 3.63) is 59.2 Å². The van der Waals surface area contributed by atoms with Gasteiger partial charge >= 0.3 is 0 Å². The van der Waals surface area contributed by atoms with E-state index in [0.29, 0.717) is 11.4 Å². The highest BCUT2D eigenvalue weighted by Gasteiger charge is 2.05. The summed E-state index contributed by atoms with van der Waals surface area (Å²) in [6.07, 6.45) is 1.74. The average molecular weight is 315 g/mol. The molecule has 0 saturated heterocycles. The Labute approximate surface area is 119 Å². The number of nitrogens with zero attached hydrogens (tertiary/aromatic N) is 1. The summed E-state index contributed by atoms with van der Waals surface area (Å²) in [5.74, 6) is 1.46. The zero-order chi connectivity index (χ0) is 13.2. The Morgan fingerprint density at radius 1 is 1.05 bits per heavy atom. The van der Waals surface area contributed by atoms with Crippen LogP contribution in [0.5, 0.6) is 11.5 Å². The number of aromatic nitrogens is 1. The molecule has 4 heteroatoms. The van der Waals surface area contributed by atoms with Crippen LogP contribution in [0.25, 0.3) is 10.9 Å². The smallest absolute Gasteiger partial charge is 0.138 e. The van der Waals surface area contributed by atoms with Crippen molar-refractivity contribution in [1.29, 1.82) is 0 Å². The fraction of sp³-hybridized carbons (Fsp3) is 0. The van der Waals surface area contributed by atoms with Crippen LogP contribution < -0.4 is 10.5 Å². The van der Waals surface area contributed by atoms with E-state index in [0.717, 1.165) is 21.1 Å². The minimum absolute atomic E-state index is 0.655. The maximum absolute atomic E-state index is 5.90. The Morgan fingerprint density at radius 3 is 2.74 bits per heavy atom. The molecule has 2 aromatic carbocycles. The number of ether oxygens (including phenoxy) is 1. The molecule has 0 aliphatic rings. The molecule has 0 atom stereocenters. The highest BCUT2D eigenvalue weighted by atomic mass is 79.9. The van der Waals surface area contributed by atoms with Crippen LogP contribution in [0.1, 0.15) is 0 Å². The van der Waals surface area contributed by atoms with E-state index >= 15 is 0 Å². The molecule has 1 heterocycles. The van der Waals surface area contributed by atoms with Gasteiger partial charge in [0.25, 0.3) is 0 Å². The fourth-order valence-corrected chi connectivity index (χ4v) is 2.42. The summed E-state index contributed by atoms with van der Waals surface area (Å²) < 4.78 is 6.79. The molecule has 2 N–H and O–H groups in total. The lowest BCUT2D eigenvalue weighted by Crippen LogP contribution is -1.90. The van der Waals surface area contributed by atoms with Crippen molar-refractivity contribution in [2.75, 3.05) is 5.73 Å². The number of pyridine rings is 1. The Bertz CT molecular complexity index is 718. The van der Waals surface area contributed by atoms with Gasteiger partial charge in [0.1, 0.15) is 11.5 Å². The number of hydrogen-bond acceptors (Lipinski definition) is 3. The van der Waals surface area contributed by atoms with Crippen molar-refractivity contribution in [3.8, 4) is 11.5 Å². The van der Waals surface area contributed by atoms with E-state index in [1.54, 1.807) is 12.3 Å². The molecular formula is C15H11BrN2O. The lowest BCUT2D eigenvalue weighted by atomic mass is 10.2. The first kappa shape index (κ1) is 12.0. The molecule has 3 rings (SSSR count). The molecule has 0 bridgehead atoms. The Kier molecular flexibility index (Phi) is 3.09. The first-order chi connectivity index (χ1) is 9.22. The van der Waals surface area contributed by atoms with Crippen molar-refractivity contribution in [1.82, 2.24) is 4.98 Å². The second-order valence-corrected chi connectivity index (χ2v) is 5.06. The van der Waals surface area contributed by atoms with E-state index in [2.05, 4.69) is 20.9 Å². The maximum Gasteiger partial charge on any atom is 0.138 e. The zero-order valence-electron chi connectivity index (χ0n) is 10.0. The van der Waals surface area contributed by atoms with Gasteiger partial charge in [-0.15, -0.1) is 0 Å². The minimum Gasteiger partial charge on any atom is -0.456 e. The molecule has 0 fully saturated rings. The minimum atomic E-state index is 0.655. The Morgan fingerprint density at radius 2 is 1.89 bits per heavy atom. The Balaban J connectivity index is 2.05. The van der Waals surface area contributed by atoms with E-state index in [-0.39, 0.29) is 0 Å². The normalized spacial score (nSPS) is 10.6. The van der Waals surface area contributed by atoms with Crippen LogP contribution in [0.4, 0.5) is 5.69 Å². The molecule has 1 aromatic heterocycles. The summed E-state index contributed by atoms with van der Waals surface area (Å²) in [6, 6.07) is 15.2. The molecule has 3 nitrogen and oxygen atoms in total. The van der Waals surface area contributed by atoms with Gasteiger partial charge in [0.05, 0.1) is 5.52 Å². The highest BCUT2D eigenvalue weighted by molar-refractivity contribution is 9.10. The quantitative estimate of drug-likeness (QED) is 0.714. The number of benzene rings is 2. The first-order valence-corrected chi connectivity index (χ1v) is 6.59. The van der Waals surface area contributed by atoms with Gasteiger partial charge in [0.15, 0.2) is 0 Å². The summed E-state index contributed by atoms with van der Waals surface area (Å²) in [5.41, 5.74) is 7.36. The van der Waals surface area contributed by atoms with E-state index < -0.39 is 0 Å². The number of para-hydroxylation sites is 1. The van der Waals surface area contributed by atoms with Gasteiger partial charge in [-0.2, -0.15) is 0 Å². The standard InChI is InChI=1S/C15H11BrN2O/c16-10-7-11(17)9-12(8-10)19-15-5-6-18-14-4-2-1-3-13(14)15/h1-9H,17H2. The predicted molar refractivity (Wildman–Crippen MR) is 80.4 cm³/mol. The second-order valence-electron chi connectivity index (χ2n) is 4.15. The van der Waals surface area contributed by atoms with Gasteiger partial charge in [-0.1, -0.05) is 28.1 Å². The largest absolute Gasteiger partial charge is 0.456 e. The topological polar surface area (TPSA) is 48.1 Å². The summed E-state index contributed by atoms with van der Waals surface area (Å²) in [5, 5.41) is 0.976. The zero-order valence-corrected chi connectivity index (χ0v) is 11.6. The molecule has 0 radical (unpaired) electrons. The lowest BCUT2D eigenvalue weighted by Gasteiger charge is -2.09. The lowest BCUT2D eigenvalue weighted by molar-refractivity contribution is 0.488. The van der Waals surface area contributed by atoms with Gasteiger partial charge in [-0.3, -0.25) is 4.98 Å². The molecule has 94 valence electrons. The SMILES string of the molecule is Nc1cc(Br)cc(Oc2ccnc3ccccc23)c1. The fourth-order valence-electron chi connectivity index (χ4n) is 1.93. The number of hydrogen-bond donors (Lipinski definition) is 1. The molecule has 19 heavy (non-hydrogen) atoms. The molecule has 0 unspecified atom stereocenters. The number of halogens is 1. The predicted octanol–water partition coefficient (Wildman–Crippen LogP) is 4.37. The number of rotatable bonds is 2. The van der Waals surface area contributed by atoms with Gasteiger partial charge in [0, 0.05) is 27.8 Å². The van der Waals surface area contributed by atoms with Crippen molar-refractivity contribution < 1.29 is 4.74 Å². The second kappa shape index (κ2) is 4.90. The summed E-state index contributed by atoms with van der Waals surface area (Å²) in [6.45, 7) is 0. The van der Waals surface area contributed by atoms with Gasteiger partial charge in [-0.05, 0) is 30.3 Å². The van der Waals surface area contributed by atoms with Crippen molar-refractivity contribution >= 4 is 32.5 Å². The van der Waals surface area contributed by atoms with Crippen LogP contribution in [0.3, 0.4) is 0 Å². The average Bonchev–Trinajstić information content (AvgIpc) is 2.38. The maximum atomic E-state index is 5.90. The van der Waals surface area contributed by atoms with Crippen LogP contribution in [0.15, 0.2) is 59.2 Å². The third-order valence-electron chi connectivity index (χ3n) is 2.73. The van der Waals surface area contributed by atoms with Crippen LogP contribution >= 0.6 is 15.9 Å². The molecule has 0 aliphatic heterocycles. The van der Waals surface area contributed by atoms with Gasteiger partial charge < -0.3 is 10.5 Å². The number of nitrogens with two attached hydrogens (primary N) is 1. The molecular weight excluding hydrogens is 304 g/mol. The Hall–Kier alpha value is -2.07. The third-order valence-corrected chi connectivity index (χ3v) is 3.19. The highest BCUT2D eigenvalue weighted by Crippen LogP contribution is 2.31. The van der Waals surface area contributed by atoms with Crippen LogP contribution in [-0.2, 0) is 0 Å². The molecule has 0 aliphatic carbocycles. The van der Waals surface area contributed by atoms with Crippen molar-refractivity contribution in [2.45, 2.75) is 0 Å². The van der Waals surface area contributed by atoms with Crippen LogP contribution in [-0.4, -0.2) is 4.98 Å². The number of nitrogen functional groups attached to an aromatic ring is 1. The van der Waals surface area contributed by atoms with E-state index in [1.165, 1.54) is 0 Å². The molecule has 0 spiro atoms. The van der Waals surface area contributed by atoms with Crippen LogP contribution in [0.2, 0.25) is 0 Å². The molecule has 0 amide bonds. The summed E-state index contributed by atoms with van der Waals surface area (Å²) >= 11 is 3.40. The summed E-state index contributed by atoms with van der Waals surface area (Å²) in [7, 11) is 0. The van der Waals surface area contributed by atoms with Crippen molar-refractivity contribution in [3.63, 3.8) is 0 Å². The van der Waals surface area contributed by atoms with Gasteiger partial charge in [0.2, 0.25) is 0 Å². The number of anilines is 1. The van der Waals surface area contributed by atoms with E-state index in [9.17, 15) is 0 Å².